The Morgan fingerprint density at radius 1 is 0.967 bits per heavy atom. The Kier molecular flexibility index (Phi) is 4.38. The highest BCUT2D eigenvalue weighted by Gasteiger charge is 2.33. The molecule has 4 aromatic rings. The van der Waals surface area contributed by atoms with Crippen LogP contribution in [0.15, 0.2) is 48.5 Å². The summed E-state index contributed by atoms with van der Waals surface area (Å²) in [6, 6.07) is 13.1. The van der Waals surface area contributed by atoms with Crippen LogP contribution in [0.3, 0.4) is 0 Å². The highest BCUT2D eigenvalue weighted by atomic mass is 19.3. The quantitative estimate of drug-likeness (QED) is 0.379. The molecule has 152 valence electrons. The molecule has 0 atom stereocenters. The highest BCUT2D eigenvalue weighted by molar-refractivity contribution is 5.87. The number of pyridine rings is 1. The van der Waals surface area contributed by atoms with Crippen molar-refractivity contribution >= 4 is 11.0 Å². The van der Waals surface area contributed by atoms with E-state index in [1.807, 2.05) is 32.0 Å². The van der Waals surface area contributed by atoms with Crippen LogP contribution < -0.4 is 0 Å². The molecule has 0 aliphatic heterocycles. The first kappa shape index (κ1) is 18.9. The van der Waals surface area contributed by atoms with Crippen molar-refractivity contribution in [3.8, 4) is 16.9 Å². The first-order chi connectivity index (χ1) is 14.4. The molecule has 1 aliphatic carbocycles. The minimum absolute atomic E-state index is 0.0523. The predicted octanol–water partition coefficient (Wildman–Crippen LogP) is 6.66. The largest absolute Gasteiger partial charge is 0.264 e. The number of hydrogen-bond acceptors (Lipinski definition) is 2. The summed E-state index contributed by atoms with van der Waals surface area (Å²) in [5.74, 6) is -0.198. The van der Waals surface area contributed by atoms with Crippen LogP contribution in [0.25, 0.3) is 28.0 Å². The molecule has 0 N–H and O–H groups in total. The summed E-state index contributed by atoms with van der Waals surface area (Å²) >= 11 is 0. The summed E-state index contributed by atoms with van der Waals surface area (Å²) in [5, 5.41) is 5.08. The Morgan fingerprint density at radius 3 is 2.33 bits per heavy atom. The van der Waals surface area contributed by atoms with Crippen LogP contribution in [-0.2, 0) is 0 Å². The van der Waals surface area contributed by atoms with Crippen LogP contribution in [-0.4, -0.2) is 14.8 Å². The van der Waals surface area contributed by atoms with Gasteiger partial charge in [0.15, 0.2) is 5.65 Å². The van der Waals surface area contributed by atoms with E-state index in [0.29, 0.717) is 28.1 Å². The number of halogens is 3. The van der Waals surface area contributed by atoms with Gasteiger partial charge >= 0.3 is 0 Å². The second kappa shape index (κ2) is 6.97. The Hall–Kier alpha value is -3.15. The van der Waals surface area contributed by atoms with Gasteiger partial charge in [0, 0.05) is 17.0 Å². The fourth-order valence-electron chi connectivity index (χ4n) is 3.80. The zero-order valence-electron chi connectivity index (χ0n) is 16.7. The van der Waals surface area contributed by atoms with Crippen molar-refractivity contribution in [1.82, 2.24) is 14.8 Å². The number of benzene rings is 2. The van der Waals surface area contributed by atoms with Gasteiger partial charge in [-0.25, -0.2) is 22.8 Å². The van der Waals surface area contributed by atoms with E-state index in [-0.39, 0.29) is 17.3 Å². The first-order valence-electron chi connectivity index (χ1n) is 9.97. The SMILES string of the molecule is Cc1ccc(-c2cc(C(F)F)c3c(C4CC4)nn(-c4ccc(F)cc4)c3n2)cc1C. The number of fused-ring (bicyclic) bond motifs is 1. The third-order valence-corrected chi connectivity index (χ3v) is 5.77. The van der Waals surface area contributed by atoms with Crippen molar-refractivity contribution < 1.29 is 13.2 Å². The van der Waals surface area contributed by atoms with Crippen molar-refractivity contribution in [3.63, 3.8) is 0 Å². The standard InChI is InChI=1S/C24H20F3N3/c1-13-3-4-16(11-14(13)2)20-12-19(23(26)27)21-22(15-5-6-15)29-30(24(21)28-20)18-9-7-17(25)8-10-18/h3-4,7-12,15,23H,5-6H2,1-2H3. The summed E-state index contributed by atoms with van der Waals surface area (Å²) < 4.78 is 43.3. The van der Waals surface area contributed by atoms with E-state index in [2.05, 4.69) is 5.10 Å². The summed E-state index contributed by atoms with van der Waals surface area (Å²) in [4.78, 5) is 4.76. The molecule has 3 nitrogen and oxygen atoms in total. The van der Waals surface area contributed by atoms with Gasteiger partial charge in [-0.05, 0) is 74.2 Å². The Bertz CT molecular complexity index is 1260. The van der Waals surface area contributed by atoms with Crippen LogP contribution >= 0.6 is 0 Å². The van der Waals surface area contributed by atoms with Gasteiger partial charge in [-0.3, -0.25) is 0 Å². The molecule has 2 heterocycles. The van der Waals surface area contributed by atoms with Crippen LogP contribution in [0.2, 0.25) is 0 Å². The molecule has 2 aromatic carbocycles. The second-order valence-electron chi connectivity index (χ2n) is 7.94. The fourth-order valence-corrected chi connectivity index (χ4v) is 3.80. The minimum atomic E-state index is -2.65. The number of hydrogen-bond donors (Lipinski definition) is 0. The lowest BCUT2D eigenvalue weighted by Crippen LogP contribution is -2.00. The summed E-state index contributed by atoms with van der Waals surface area (Å²) in [7, 11) is 0. The average Bonchev–Trinajstić information content (AvgIpc) is 3.50. The average molecular weight is 407 g/mol. The monoisotopic (exact) mass is 407 g/mol. The fraction of sp³-hybridized carbons (Fsp3) is 0.250. The Labute approximate surface area is 172 Å². The van der Waals surface area contributed by atoms with Crippen molar-refractivity contribution in [2.75, 3.05) is 0 Å². The van der Waals surface area contributed by atoms with Crippen molar-refractivity contribution in [2.24, 2.45) is 0 Å². The van der Waals surface area contributed by atoms with Gasteiger partial charge in [0.25, 0.3) is 6.43 Å². The molecule has 30 heavy (non-hydrogen) atoms. The smallest absolute Gasteiger partial charge is 0.228 e. The van der Waals surface area contributed by atoms with Crippen LogP contribution in [0, 0.1) is 19.7 Å². The van der Waals surface area contributed by atoms with Gasteiger partial charge in [0.05, 0.1) is 22.5 Å². The van der Waals surface area contributed by atoms with E-state index in [4.69, 9.17) is 4.98 Å². The van der Waals surface area contributed by atoms with Gasteiger partial charge in [-0.1, -0.05) is 12.1 Å². The number of aryl methyl sites for hydroxylation is 2. The van der Waals surface area contributed by atoms with E-state index in [0.717, 1.165) is 29.5 Å². The van der Waals surface area contributed by atoms with Crippen LogP contribution in [0.1, 0.15) is 47.6 Å². The third-order valence-electron chi connectivity index (χ3n) is 5.77. The summed E-state index contributed by atoms with van der Waals surface area (Å²) in [6.45, 7) is 3.99. The van der Waals surface area contributed by atoms with Gasteiger partial charge in [0.2, 0.25) is 0 Å². The van der Waals surface area contributed by atoms with E-state index >= 15 is 0 Å². The maximum atomic E-state index is 14.2. The van der Waals surface area contributed by atoms with Gasteiger partial charge in [0.1, 0.15) is 5.82 Å². The minimum Gasteiger partial charge on any atom is -0.228 e. The topological polar surface area (TPSA) is 30.7 Å². The van der Waals surface area contributed by atoms with E-state index in [9.17, 15) is 13.2 Å². The van der Waals surface area contributed by atoms with E-state index in [1.165, 1.54) is 18.2 Å². The lowest BCUT2D eigenvalue weighted by atomic mass is 10.0. The number of rotatable bonds is 4. The van der Waals surface area contributed by atoms with Gasteiger partial charge in [-0.15, -0.1) is 0 Å². The van der Waals surface area contributed by atoms with E-state index < -0.39 is 6.43 Å². The lowest BCUT2D eigenvalue weighted by molar-refractivity contribution is 0.153. The molecule has 1 saturated carbocycles. The van der Waals surface area contributed by atoms with Crippen LogP contribution in [0.5, 0.6) is 0 Å². The molecule has 0 unspecified atom stereocenters. The molecule has 5 rings (SSSR count). The summed E-state index contributed by atoms with van der Waals surface area (Å²) in [6.07, 6.45) is -0.794. The van der Waals surface area contributed by atoms with Crippen molar-refractivity contribution in [1.29, 1.82) is 0 Å². The number of alkyl halides is 2. The Morgan fingerprint density at radius 2 is 1.70 bits per heavy atom. The predicted molar refractivity (Wildman–Crippen MR) is 111 cm³/mol. The molecule has 6 heteroatoms. The van der Waals surface area contributed by atoms with Crippen molar-refractivity contribution in [3.05, 3.63) is 76.7 Å². The first-order valence-corrected chi connectivity index (χ1v) is 9.97. The zero-order valence-corrected chi connectivity index (χ0v) is 16.7. The highest BCUT2D eigenvalue weighted by Crippen LogP contribution is 2.45. The van der Waals surface area contributed by atoms with Crippen LogP contribution in [0.4, 0.5) is 13.2 Å². The Balaban J connectivity index is 1.81. The molecule has 0 saturated heterocycles. The molecule has 1 aliphatic rings. The normalized spacial score (nSPS) is 14.1. The van der Waals surface area contributed by atoms with Gasteiger partial charge in [-0.2, -0.15) is 5.10 Å². The third kappa shape index (κ3) is 3.16. The molecule has 0 amide bonds. The molecular formula is C24H20F3N3. The lowest BCUT2D eigenvalue weighted by Gasteiger charge is -2.10. The molecule has 0 radical (unpaired) electrons. The molecule has 2 aromatic heterocycles. The zero-order chi connectivity index (χ0) is 21.0. The molecule has 0 bridgehead atoms. The molecule has 0 spiro atoms. The second-order valence-corrected chi connectivity index (χ2v) is 7.94. The summed E-state index contributed by atoms with van der Waals surface area (Å²) in [5.41, 5.74) is 5.04. The number of nitrogens with zero attached hydrogens (tertiary/aromatic N) is 3. The van der Waals surface area contributed by atoms with Crippen molar-refractivity contribution in [2.45, 2.75) is 39.0 Å². The molecular weight excluding hydrogens is 387 g/mol. The number of aromatic nitrogens is 3. The maximum absolute atomic E-state index is 14.2. The maximum Gasteiger partial charge on any atom is 0.264 e. The molecule has 1 fully saturated rings. The van der Waals surface area contributed by atoms with E-state index in [1.54, 1.807) is 16.8 Å². The van der Waals surface area contributed by atoms with Gasteiger partial charge < -0.3 is 0 Å².